The van der Waals surface area contributed by atoms with Crippen molar-refractivity contribution in [1.29, 1.82) is 0 Å². The van der Waals surface area contributed by atoms with Gasteiger partial charge < -0.3 is 19.7 Å². The molecule has 4 heteroatoms. The summed E-state index contributed by atoms with van der Waals surface area (Å²) in [6, 6.07) is 0. The molecule has 4 nitrogen and oxygen atoms in total. The van der Waals surface area contributed by atoms with Crippen molar-refractivity contribution in [3.63, 3.8) is 0 Å². The van der Waals surface area contributed by atoms with Gasteiger partial charge in [-0.05, 0) is 98.2 Å². The lowest BCUT2D eigenvalue weighted by Gasteiger charge is -2.64. The van der Waals surface area contributed by atoms with E-state index in [1.807, 2.05) is 0 Å². The van der Waals surface area contributed by atoms with Crippen molar-refractivity contribution >= 4 is 0 Å². The molecule has 5 fully saturated rings. The first-order valence-corrected chi connectivity index (χ1v) is 12.9. The number of fused-ring (bicyclic) bond motifs is 5. The van der Waals surface area contributed by atoms with Gasteiger partial charge in [0.1, 0.15) is 0 Å². The predicted octanol–water partition coefficient (Wildman–Crippen LogP) is 4.91. The molecule has 0 aromatic carbocycles. The standard InChI is InChI=1S/C26H44O4/c1-18-16-26(29-14-15-30-26)17-19-6-7-20-21-9-12-25(28,10-4-5-13-27)23(21,2)11-8-22(20)24(18,19)3/h18-22,27-28H,4-17H2,1-3H3/t18-,19-,20-,21-,22-,23-,24-,25-/m0/s1. The van der Waals surface area contributed by atoms with E-state index in [1.165, 1.54) is 32.1 Å². The monoisotopic (exact) mass is 420 g/mol. The number of hydrogen-bond donors (Lipinski definition) is 2. The van der Waals surface area contributed by atoms with E-state index in [1.54, 1.807) is 0 Å². The van der Waals surface area contributed by atoms with E-state index in [0.717, 1.165) is 63.6 Å². The molecule has 0 amide bonds. The van der Waals surface area contributed by atoms with Crippen LogP contribution in [-0.2, 0) is 9.47 Å². The van der Waals surface area contributed by atoms with Crippen LogP contribution < -0.4 is 0 Å². The minimum absolute atomic E-state index is 0.0591. The van der Waals surface area contributed by atoms with Gasteiger partial charge in [0.2, 0.25) is 0 Å². The largest absolute Gasteiger partial charge is 0.396 e. The molecule has 0 radical (unpaired) electrons. The minimum atomic E-state index is -0.524. The molecule has 4 aliphatic carbocycles. The zero-order chi connectivity index (χ0) is 21.2. The van der Waals surface area contributed by atoms with Crippen molar-refractivity contribution in [2.24, 2.45) is 40.4 Å². The molecule has 4 saturated carbocycles. The van der Waals surface area contributed by atoms with Gasteiger partial charge >= 0.3 is 0 Å². The summed E-state index contributed by atoms with van der Waals surface area (Å²) < 4.78 is 12.3. The quantitative estimate of drug-likeness (QED) is 0.634. The van der Waals surface area contributed by atoms with Gasteiger partial charge in [0.15, 0.2) is 5.79 Å². The van der Waals surface area contributed by atoms with Gasteiger partial charge in [-0.3, -0.25) is 0 Å². The highest BCUT2D eigenvalue weighted by atomic mass is 16.7. The van der Waals surface area contributed by atoms with Crippen molar-refractivity contribution in [1.82, 2.24) is 0 Å². The smallest absolute Gasteiger partial charge is 0.169 e. The summed E-state index contributed by atoms with van der Waals surface area (Å²) in [5.41, 5.74) is -0.0879. The molecular weight excluding hydrogens is 376 g/mol. The molecule has 172 valence electrons. The van der Waals surface area contributed by atoms with E-state index in [2.05, 4.69) is 20.8 Å². The molecule has 1 heterocycles. The first-order valence-electron chi connectivity index (χ1n) is 12.9. The van der Waals surface area contributed by atoms with Crippen molar-refractivity contribution in [2.75, 3.05) is 19.8 Å². The summed E-state index contributed by atoms with van der Waals surface area (Å²) in [5, 5.41) is 21.0. The number of aliphatic hydroxyl groups is 2. The number of ether oxygens (including phenoxy) is 2. The number of aliphatic hydroxyl groups excluding tert-OH is 1. The topological polar surface area (TPSA) is 58.9 Å². The first-order chi connectivity index (χ1) is 14.3. The van der Waals surface area contributed by atoms with E-state index in [0.29, 0.717) is 23.2 Å². The lowest BCUT2D eigenvalue weighted by molar-refractivity contribution is -0.250. The van der Waals surface area contributed by atoms with Crippen LogP contribution in [0.15, 0.2) is 0 Å². The van der Waals surface area contributed by atoms with Crippen LogP contribution in [0.4, 0.5) is 0 Å². The Morgan fingerprint density at radius 2 is 1.63 bits per heavy atom. The maximum atomic E-state index is 11.7. The molecule has 0 unspecified atom stereocenters. The number of rotatable bonds is 4. The SMILES string of the molecule is C[C@H]1CC2(C[C@@H]3CC[C@@H]4[C@H](CC[C@@]5(C)[C@H]4CC[C@@]5(O)CCCCO)[C@]31C)OCCO2. The van der Waals surface area contributed by atoms with Crippen molar-refractivity contribution in [2.45, 2.75) is 103 Å². The molecule has 2 N–H and O–H groups in total. The second kappa shape index (κ2) is 7.43. The van der Waals surface area contributed by atoms with Crippen LogP contribution in [0.1, 0.15) is 91.4 Å². The van der Waals surface area contributed by atoms with E-state index in [4.69, 9.17) is 9.47 Å². The van der Waals surface area contributed by atoms with Crippen molar-refractivity contribution in [3.05, 3.63) is 0 Å². The average molecular weight is 421 g/mol. The van der Waals surface area contributed by atoms with Gasteiger partial charge in [-0.1, -0.05) is 20.8 Å². The normalized spacial score (nSPS) is 52.1. The van der Waals surface area contributed by atoms with E-state index in [-0.39, 0.29) is 17.8 Å². The van der Waals surface area contributed by atoms with E-state index in [9.17, 15) is 10.2 Å². The molecule has 5 rings (SSSR count). The summed E-state index contributed by atoms with van der Waals surface area (Å²) in [7, 11) is 0. The Bertz CT molecular complexity index is 645. The summed E-state index contributed by atoms with van der Waals surface area (Å²) in [6.45, 7) is 9.25. The van der Waals surface area contributed by atoms with Crippen LogP contribution in [0.5, 0.6) is 0 Å². The summed E-state index contributed by atoms with van der Waals surface area (Å²) >= 11 is 0. The predicted molar refractivity (Wildman–Crippen MR) is 117 cm³/mol. The maximum absolute atomic E-state index is 11.7. The Hall–Kier alpha value is -0.160. The summed E-state index contributed by atoms with van der Waals surface area (Å²) in [5.74, 6) is 3.24. The van der Waals surface area contributed by atoms with Gasteiger partial charge in [-0.15, -0.1) is 0 Å². The first kappa shape index (κ1) is 21.7. The van der Waals surface area contributed by atoms with Crippen molar-refractivity contribution in [3.8, 4) is 0 Å². The van der Waals surface area contributed by atoms with Crippen LogP contribution >= 0.6 is 0 Å². The fraction of sp³-hybridized carbons (Fsp3) is 1.00. The fourth-order valence-corrected chi connectivity index (χ4v) is 9.49. The van der Waals surface area contributed by atoms with Gasteiger partial charge in [-0.25, -0.2) is 0 Å². The van der Waals surface area contributed by atoms with Crippen LogP contribution in [0, 0.1) is 40.4 Å². The lowest BCUT2D eigenvalue weighted by atomic mass is 9.42. The zero-order valence-electron chi connectivity index (χ0n) is 19.5. The van der Waals surface area contributed by atoms with Gasteiger partial charge in [-0.2, -0.15) is 0 Å². The maximum Gasteiger partial charge on any atom is 0.169 e. The van der Waals surface area contributed by atoms with Crippen LogP contribution in [0.25, 0.3) is 0 Å². The van der Waals surface area contributed by atoms with E-state index < -0.39 is 5.60 Å². The molecule has 0 aromatic heterocycles. The Kier molecular flexibility index (Phi) is 5.37. The second-order valence-corrected chi connectivity index (χ2v) is 12.1. The molecule has 0 aromatic rings. The Morgan fingerprint density at radius 3 is 2.37 bits per heavy atom. The third kappa shape index (κ3) is 2.92. The minimum Gasteiger partial charge on any atom is -0.396 e. The number of unbranched alkanes of at least 4 members (excludes halogenated alkanes) is 1. The third-order valence-electron chi connectivity index (χ3n) is 11.3. The molecule has 1 spiro atoms. The molecule has 0 bridgehead atoms. The van der Waals surface area contributed by atoms with Gasteiger partial charge in [0.05, 0.1) is 18.8 Å². The molecule has 1 aliphatic heterocycles. The molecular formula is C26H44O4. The number of hydrogen-bond acceptors (Lipinski definition) is 4. The molecule has 5 aliphatic rings. The van der Waals surface area contributed by atoms with E-state index >= 15 is 0 Å². The highest BCUT2D eigenvalue weighted by Crippen LogP contribution is 2.70. The highest BCUT2D eigenvalue weighted by Gasteiger charge is 2.66. The molecule has 1 saturated heterocycles. The lowest BCUT2D eigenvalue weighted by Crippen LogP contribution is -2.60. The summed E-state index contributed by atoms with van der Waals surface area (Å²) in [4.78, 5) is 0. The Morgan fingerprint density at radius 1 is 0.900 bits per heavy atom. The third-order valence-corrected chi connectivity index (χ3v) is 11.3. The van der Waals surface area contributed by atoms with Gasteiger partial charge in [0.25, 0.3) is 0 Å². The molecule has 8 atom stereocenters. The molecule has 30 heavy (non-hydrogen) atoms. The Balaban J connectivity index is 1.37. The van der Waals surface area contributed by atoms with Crippen molar-refractivity contribution < 1.29 is 19.7 Å². The second-order valence-electron chi connectivity index (χ2n) is 12.1. The average Bonchev–Trinajstić information content (AvgIpc) is 3.26. The summed E-state index contributed by atoms with van der Waals surface area (Å²) in [6.07, 6.45) is 12.0. The van der Waals surface area contributed by atoms with Crippen LogP contribution in [-0.4, -0.2) is 41.4 Å². The zero-order valence-corrected chi connectivity index (χ0v) is 19.5. The van der Waals surface area contributed by atoms with Crippen LogP contribution in [0.2, 0.25) is 0 Å². The van der Waals surface area contributed by atoms with Crippen LogP contribution in [0.3, 0.4) is 0 Å². The highest BCUT2D eigenvalue weighted by molar-refractivity contribution is 5.15. The van der Waals surface area contributed by atoms with Gasteiger partial charge in [0, 0.05) is 19.4 Å². The fourth-order valence-electron chi connectivity index (χ4n) is 9.49. The Labute approximate surface area is 183 Å².